The van der Waals surface area contributed by atoms with E-state index in [0.717, 1.165) is 36.1 Å². The quantitative estimate of drug-likeness (QED) is 0.558. The maximum atomic E-state index is 12.3. The molecule has 0 N–H and O–H groups in total. The van der Waals surface area contributed by atoms with Crippen molar-refractivity contribution in [2.24, 2.45) is 0 Å². The van der Waals surface area contributed by atoms with Crippen LogP contribution in [0.25, 0.3) is 11.1 Å². The number of rotatable bonds is 7. The van der Waals surface area contributed by atoms with Gasteiger partial charge < -0.3 is 4.90 Å². The Morgan fingerprint density at radius 3 is 2.33 bits per heavy atom. The van der Waals surface area contributed by atoms with E-state index in [1.807, 2.05) is 36.4 Å². The Hall–Kier alpha value is -1.93. The van der Waals surface area contributed by atoms with Crippen molar-refractivity contribution in [3.8, 4) is 11.1 Å². The summed E-state index contributed by atoms with van der Waals surface area (Å²) in [6, 6.07) is 18.1. The van der Waals surface area contributed by atoms with E-state index in [1.165, 1.54) is 0 Å². The van der Waals surface area contributed by atoms with Crippen molar-refractivity contribution in [1.82, 2.24) is 4.90 Å². The molecule has 0 spiro atoms. The molecule has 0 bridgehead atoms. The van der Waals surface area contributed by atoms with Crippen molar-refractivity contribution in [3.05, 3.63) is 60.2 Å². The minimum atomic E-state index is 0.242. The first-order chi connectivity index (χ1) is 10.2. The van der Waals surface area contributed by atoms with Crippen LogP contribution in [0.2, 0.25) is 0 Å². The summed E-state index contributed by atoms with van der Waals surface area (Å²) in [5, 5.41) is 0. The van der Waals surface area contributed by atoms with Gasteiger partial charge in [-0.2, -0.15) is 0 Å². The van der Waals surface area contributed by atoms with E-state index in [0.29, 0.717) is 6.42 Å². The van der Waals surface area contributed by atoms with E-state index < -0.39 is 0 Å². The standard InChI is InChI=1S/C19H23NO/c1-20(2)14-7-6-13-19(21)18-12-8-11-17(15-18)16-9-4-3-5-10-16/h3-5,8-12,15H,6-7,13-14H2,1-2H3. The summed E-state index contributed by atoms with van der Waals surface area (Å²) in [7, 11) is 4.12. The Labute approximate surface area is 127 Å². The van der Waals surface area contributed by atoms with Crippen molar-refractivity contribution in [2.75, 3.05) is 20.6 Å². The highest BCUT2D eigenvalue weighted by molar-refractivity contribution is 5.97. The van der Waals surface area contributed by atoms with Crippen LogP contribution in [-0.4, -0.2) is 31.3 Å². The lowest BCUT2D eigenvalue weighted by molar-refractivity contribution is 0.0978. The van der Waals surface area contributed by atoms with Gasteiger partial charge in [0.1, 0.15) is 0 Å². The number of hydrogen-bond acceptors (Lipinski definition) is 2. The number of ketones is 1. The summed E-state index contributed by atoms with van der Waals surface area (Å²) in [6.07, 6.45) is 2.65. The molecule has 0 aliphatic rings. The molecule has 0 aromatic heterocycles. The molecule has 0 radical (unpaired) electrons. The second-order valence-electron chi connectivity index (χ2n) is 5.63. The third-order valence-electron chi connectivity index (χ3n) is 3.55. The number of carbonyl (C=O) groups is 1. The number of Topliss-reactive ketones (excluding diaryl/α,β-unsaturated/α-hetero) is 1. The topological polar surface area (TPSA) is 20.3 Å². The predicted octanol–water partition coefficient (Wildman–Crippen LogP) is 4.27. The molecule has 0 saturated heterocycles. The van der Waals surface area contributed by atoms with E-state index in [2.05, 4.69) is 37.2 Å². The minimum absolute atomic E-state index is 0.242. The Bertz CT molecular complexity index is 575. The Balaban J connectivity index is 1.99. The van der Waals surface area contributed by atoms with Crippen molar-refractivity contribution < 1.29 is 4.79 Å². The average Bonchev–Trinajstić information content (AvgIpc) is 2.52. The largest absolute Gasteiger partial charge is 0.309 e. The van der Waals surface area contributed by atoms with Gasteiger partial charge in [-0.15, -0.1) is 0 Å². The molecule has 2 aromatic carbocycles. The summed E-state index contributed by atoms with van der Waals surface area (Å²) in [4.78, 5) is 14.4. The molecule has 0 aliphatic heterocycles. The minimum Gasteiger partial charge on any atom is -0.309 e. The van der Waals surface area contributed by atoms with Crippen LogP contribution >= 0.6 is 0 Å². The average molecular weight is 281 g/mol. The fourth-order valence-corrected chi connectivity index (χ4v) is 2.36. The van der Waals surface area contributed by atoms with Crippen molar-refractivity contribution >= 4 is 5.78 Å². The predicted molar refractivity (Wildman–Crippen MR) is 88.6 cm³/mol. The van der Waals surface area contributed by atoms with E-state index >= 15 is 0 Å². The van der Waals surface area contributed by atoms with Gasteiger partial charge in [-0.05, 0) is 50.7 Å². The van der Waals surface area contributed by atoms with Crippen LogP contribution < -0.4 is 0 Å². The lowest BCUT2D eigenvalue weighted by Gasteiger charge is -2.09. The third-order valence-corrected chi connectivity index (χ3v) is 3.55. The highest BCUT2D eigenvalue weighted by Crippen LogP contribution is 2.21. The number of benzene rings is 2. The zero-order valence-corrected chi connectivity index (χ0v) is 12.9. The molecule has 0 amide bonds. The third kappa shape index (κ3) is 4.83. The van der Waals surface area contributed by atoms with E-state index in [4.69, 9.17) is 0 Å². The first kappa shape index (κ1) is 15.5. The molecule has 0 fully saturated rings. The highest BCUT2D eigenvalue weighted by Gasteiger charge is 2.07. The molecule has 2 nitrogen and oxygen atoms in total. The SMILES string of the molecule is CN(C)CCCCC(=O)c1cccc(-c2ccccc2)c1. The van der Waals surface area contributed by atoms with Crippen LogP contribution in [0, 0.1) is 0 Å². The van der Waals surface area contributed by atoms with Gasteiger partial charge in [0, 0.05) is 12.0 Å². The summed E-state index contributed by atoms with van der Waals surface area (Å²) in [5.41, 5.74) is 3.08. The molecule has 110 valence electrons. The maximum Gasteiger partial charge on any atom is 0.162 e. The molecular weight excluding hydrogens is 258 g/mol. The zero-order valence-electron chi connectivity index (χ0n) is 12.9. The molecule has 2 heteroatoms. The van der Waals surface area contributed by atoms with Crippen molar-refractivity contribution in [1.29, 1.82) is 0 Å². The molecular formula is C19H23NO. The van der Waals surface area contributed by atoms with Crippen LogP contribution in [0.15, 0.2) is 54.6 Å². The normalized spacial score (nSPS) is 10.8. The first-order valence-electron chi connectivity index (χ1n) is 7.50. The molecule has 2 rings (SSSR count). The zero-order chi connectivity index (χ0) is 15.1. The first-order valence-corrected chi connectivity index (χ1v) is 7.50. The molecule has 0 heterocycles. The smallest absolute Gasteiger partial charge is 0.162 e. The lowest BCUT2D eigenvalue weighted by Crippen LogP contribution is -2.13. The van der Waals surface area contributed by atoms with Crippen LogP contribution in [0.5, 0.6) is 0 Å². The van der Waals surface area contributed by atoms with Gasteiger partial charge in [0.25, 0.3) is 0 Å². The summed E-state index contributed by atoms with van der Waals surface area (Å²) < 4.78 is 0. The Morgan fingerprint density at radius 1 is 0.905 bits per heavy atom. The van der Waals surface area contributed by atoms with Crippen LogP contribution in [0.3, 0.4) is 0 Å². The molecule has 0 atom stereocenters. The fraction of sp³-hybridized carbons (Fsp3) is 0.316. The summed E-state index contributed by atoms with van der Waals surface area (Å²) >= 11 is 0. The molecule has 0 saturated carbocycles. The number of unbranched alkanes of at least 4 members (excludes halogenated alkanes) is 1. The molecule has 2 aromatic rings. The number of hydrogen-bond donors (Lipinski definition) is 0. The number of nitrogens with zero attached hydrogens (tertiary/aromatic N) is 1. The van der Waals surface area contributed by atoms with E-state index in [1.54, 1.807) is 0 Å². The van der Waals surface area contributed by atoms with E-state index in [-0.39, 0.29) is 5.78 Å². The van der Waals surface area contributed by atoms with Crippen LogP contribution in [0.1, 0.15) is 29.6 Å². The molecule has 0 unspecified atom stereocenters. The van der Waals surface area contributed by atoms with Gasteiger partial charge in [-0.25, -0.2) is 0 Å². The Morgan fingerprint density at radius 2 is 1.62 bits per heavy atom. The second-order valence-corrected chi connectivity index (χ2v) is 5.63. The summed E-state index contributed by atoms with van der Waals surface area (Å²) in [5.74, 6) is 0.242. The maximum absolute atomic E-state index is 12.3. The monoisotopic (exact) mass is 281 g/mol. The van der Waals surface area contributed by atoms with Gasteiger partial charge in [0.15, 0.2) is 5.78 Å². The highest BCUT2D eigenvalue weighted by atomic mass is 16.1. The van der Waals surface area contributed by atoms with Gasteiger partial charge in [-0.1, -0.05) is 48.5 Å². The van der Waals surface area contributed by atoms with E-state index in [9.17, 15) is 4.79 Å². The van der Waals surface area contributed by atoms with Gasteiger partial charge in [0.05, 0.1) is 0 Å². The fourth-order valence-electron chi connectivity index (χ4n) is 2.36. The second kappa shape index (κ2) is 7.75. The van der Waals surface area contributed by atoms with Crippen molar-refractivity contribution in [3.63, 3.8) is 0 Å². The van der Waals surface area contributed by atoms with Gasteiger partial charge in [-0.3, -0.25) is 4.79 Å². The summed E-state index contributed by atoms with van der Waals surface area (Å²) in [6.45, 7) is 1.04. The van der Waals surface area contributed by atoms with Crippen LogP contribution in [-0.2, 0) is 0 Å². The van der Waals surface area contributed by atoms with Crippen molar-refractivity contribution in [2.45, 2.75) is 19.3 Å². The van der Waals surface area contributed by atoms with Crippen LogP contribution in [0.4, 0.5) is 0 Å². The number of carbonyl (C=O) groups excluding carboxylic acids is 1. The van der Waals surface area contributed by atoms with Gasteiger partial charge in [0.2, 0.25) is 0 Å². The Kier molecular flexibility index (Phi) is 5.70. The lowest BCUT2D eigenvalue weighted by atomic mass is 9.99. The molecule has 21 heavy (non-hydrogen) atoms. The van der Waals surface area contributed by atoms with Gasteiger partial charge >= 0.3 is 0 Å². The molecule has 0 aliphatic carbocycles.